The van der Waals surface area contributed by atoms with Crippen molar-refractivity contribution in [3.05, 3.63) is 100 Å². The van der Waals surface area contributed by atoms with Gasteiger partial charge in [0.05, 0.1) is 0 Å². The van der Waals surface area contributed by atoms with Crippen LogP contribution in [0.4, 0.5) is 0 Å². The van der Waals surface area contributed by atoms with Gasteiger partial charge in [0.1, 0.15) is 12.4 Å². The Labute approximate surface area is 202 Å². The highest BCUT2D eigenvalue weighted by atomic mass is 16.5. The molecule has 3 aromatic rings. The summed E-state index contributed by atoms with van der Waals surface area (Å²) >= 11 is 0. The quantitative estimate of drug-likeness (QED) is 0.272. The Morgan fingerprint density at radius 3 is 1.73 bits per heavy atom. The molecule has 33 heavy (non-hydrogen) atoms. The second-order valence-electron chi connectivity index (χ2n) is 9.80. The number of ether oxygens (including phenoxy) is 1. The Morgan fingerprint density at radius 2 is 1.18 bits per heavy atom. The van der Waals surface area contributed by atoms with Crippen molar-refractivity contribution in [1.82, 2.24) is 0 Å². The fourth-order valence-electron chi connectivity index (χ4n) is 5.02. The lowest BCUT2D eigenvalue weighted by Crippen LogP contribution is -2.20. The Hall–Kier alpha value is -2.54. The third kappa shape index (κ3) is 7.49. The first-order chi connectivity index (χ1) is 16.0. The molecule has 1 nitrogen and oxygen atoms in total. The zero-order chi connectivity index (χ0) is 23.6. The molecule has 0 unspecified atom stereocenters. The van der Waals surface area contributed by atoms with E-state index in [4.69, 9.17) is 4.74 Å². The molecule has 1 heteroatoms. The summed E-state index contributed by atoms with van der Waals surface area (Å²) in [5.41, 5.74) is 8.19. The molecule has 3 rings (SSSR count). The standard InChI is InChI=1S/C32H42O/c1-6-11-30(21-28-16-15-24(3)25(4)19-28)31(12-7-2)22-29-17-18-32(26(5)20-29)33-23-27-13-9-8-10-14-27/h8-10,13-20,30-31H,6-7,11-12,21-23H2,1-5H3/t30-,31-/m1/s1. The minimum atomic E-state index is 0.619. The van der Waals surface area contributed by atoms with Gasteiger partial charge in [0.15, 0.2) is 0 Å². The van der Waals surface area contributed by atoms with Crippen LogP contribution < -0.4 is 4.74 Å². The summed E-state index contributed by atoms with van der Waals surface area (Å²) in [5.74, 6) is 2.44. The van der Waals surface area contributed by atoms with Gasteiger partial charge in [0, 0.05) is 0 Å². The molecule has 0 aromatic heterocycles. The molecule has 0 bridgehead atoms. The maximum absolute atomic E-state index is 6.12. The highest BCUT2D eigenvalue weighted by Gasteiger charge is 2.22. The van der Waals surface area contributed by atoms with Gasteiger partial charge in [-0.25, -0.2) is 0 Å². The fourth-order valence-corrected chi connectivity index (χ4v) is 5.02. The monoisotopic (exact) mass is 442 g/mol. The Bertz CT molecular complexity index is 989. The highest BCUT2D eigenvalue weighted by Crippen LogP contribution is 2.31. The highest BCUT2D eigenvalue weighted by molar-refractivity contribution is 5.37. The van der Waals surface area contributed by atoms with Gasteiger partial charge in [-0.2, -0.15) is 0 Å². The van der Waals surface area contributed by atoms with Crippen molar-refractivity contribution in [3.63, 3.8) is 0 Å². The van der Waals surface area contributed by atoms with E-state index in [0.29, 0.717) is 12.5 Å². The van der Waals surface area contributed by atoms with Crippen LogP contribution in [0.15, 0.2) is 66.7 Å². The number of rotatable bonds is 12. The molecule has 0 amide bonds. The van der Waals surface area contributed by atoms with E-state index in [0.717, 1.165) is 18.1 Å². The van der Waals surface area contributed by atoms with Gasteiger partial charge in [-0.05, 0) is 84.9 Å². The van der Waals surface area contributed by atoms with E-state index < -0.39 is 0 Å². The Morgan fingerprint density at radius 1 is 0.606 bits per heavy atom. The Balaban J connectivity index is 1.70. The number of hydrogen-bond donors (Lipinski definition) is 0. The van der Waals surface area contributed by atoms with E-state index in [1.807, 2.05) is 6.07 Å². The summed E-state index contributed by atoms with van der Waals surface area (Å²) in [6, 6.07) is 24.3. The average Bonchev–Trinajstić information content (AvgIpc) is 2.81. The van der Waals surface area contributed by atoms with Gasteiger partial charge in [-0.1, -0.05) is 100 Å². The molecule has 0 saturated heterocycles. The van der Waals surface area contributed by atoms with E-state index in [1.54, 1.807) is 0 Å². The average molecular weight is 443 g/mol. The van der Waals surface area contributed by atoms with Crippen LogP contribution in [0.1, 0.15) is 72.9 Å². The summed E-state index contributed by atoms with van der Waals surface area (Å²) in [4.78, 5) is 0. The summed E-state index contributed by atoms with van der Waals surface area (Å²) in [7, 11) is 0. The lowest BCUT2D eigenvalue weighted by Gasteiger charge is -2.28. The Kier molecular flexibility index (Phi) is 9.61. The zero-order valence-corrected chi connectivity index (χ0v) is 21.4. The van der Waals surface area contributed by atoms with Gasteiger partial charge in [0.25, 0.3) is 0 Å². The predicted octanol–water partition coefficient (Wildman–Crippen LogP) is 8.81. The normalized spacial score (nSPS) is 13.0. The van der Waals surface area contributed by atoms with Gasteiger partial charge in [-0.15, -0.1) is 0 Å². The van der Waals surface area contributed by atoms with E-state index in [-0.39, 0.29) is 0 Å². The molecule has 0 heterocycles. The van der Waals surface area contributed by atoms with Crippen molar-refractivity contribution >= 4 is 0 Å². The number of hydrogen-bond acceptors (Lipinski definition) is 1. The molecule has 0 aliphatic rings. The summed E-state index contributed by atoms with van der Waals surface area (Å²) in [5, 5.41) is 0. The topological polar surface area (TPSA) is 9.23 Å². The largest absolute Gasteiger partial charge is 0.489 e. The van der Waals surface area contributed by atoms with Crippen molar-refractivity contribution in [2.75, 3.05) is 0 Å². The molecule has 176 valence electrons. The number of aryl methyl sites for hydroxylation is 3. The molecule has 0 aliphatic heterocycles. The van der Waals surface area contributed by atoms with Crippen LogP contribution in [0.5, 0.6) is 5.75 Å². The zero-order valence-electron chi connectivity index (χ0n) is 21.4. The van der Waals surface area contributed by atoms with E-state index >= 15 is 0 Å². The van der Waals surface area contributed by atoms with Crippen molar-refractivity contribution in [2.24, 2.45) is 11.8 Å². The third-order valence-corrected chi connectivity index (χ3v) is 7.03. The van der Waals surface area contributed by atoms with Gasteiger partial charge in [0.2, 0.25) is 0 Å². The first-order valence-corrected chi connectivity index (χ1v) is 12.8. The predicted molar refractivity (Wildman–Crippen MR) is 142 cm³/mol. The van der Waals surface area contributed by atoms with E-state index in [2.05, 4.69) is 95.3 Å². The summed E-state index contributed by atoms with van der Waals surface area (Å²) < 4.78 is 6.12. The molecule has 0 saturated carbocycles. The molecule has 0 radical (unpaired) electrons. The lowest BCUT2D eigenvalue weighted by atomic mass is 9.77. The van der Waals surface area contributed by atoms with Gasteiger partial charge < -0.3 is 4.74 Å². The summed E-state index contributed by atoms with van der Waals surface area (Å²) in [6.07, 6.45) is 7.44. The van der Waals surface area contributed by atoms with Crippen molar-refractivity contribution < 1.29 is 4.74 Å². The van der Waals surface area contributed by atoms with Crippen LogP contribution in [0.2, 0.25) is 0 Å². The minimum Gasteiger partial charge on any atom is -0.489 e. The maximum Gasteiger partial charge on any atom is 0.122 e. The molecular formula is C32H42O. The van der Waals surface area contributed by atoms with Crippen LogP contribution in [-0.2, 0) is 19.4 Å². The molecule has 0 spiro atoms. The third-order valence-electron chi connectivity index (χ3n) is 7.03. The number of benzene rings is 3. The van der Waals surface area contributed by atoms with Crippen LogP contribution in [0.25, 0.3) is 0 Å². The second-order valence-corrected chi connectivity index (χ2v) is 9.80. The lowest BCUT2D eigenvalue weighted by molar-refractivity contribution is 0.285. The van der Waals surface area contributed by atoms with Crippen molar-refractivity contribution in [2.45, 2.75) is 79.8 Å². The maximum atomic E-state index is 6.12. The van der Waals surface area contributed by atoms with Crippen LogP contribution in [-0.4, -0.2) is 0 Å². The molecular weight excluding hydrogens is 400 g/mol. The SMILES string of the molecule is CCC[C@H](Cc1ccc(C)c(C)c1)[C@H](CCC)Cc1ccc(OCc2ccccc2)c(C)c1. The van der Waals surface area contributed by atoms with Crippen LogP contribution in [0.3, 0.4) is 0 Å². The first kappa shape index (κ1) is 25.1. The summed E-state index contributed by atoms with van der Waals surface area (Å²) in [6.45, 7) is 11.9. The van der Waals surface area contributed by atoms with Gasteiger partial charge >= 0.3 is 0 Å². The molecule has 0 aliphatic carbocycles. The first-order valence-electron chi connectivity index (χ1n) is 12.8. The molecule has 3 aromatic carbocycles. The second kappa shape index (κ2) is 12.6. The molecule has 0 N–H and O–H groups in total. The van der Waals surface area contributed by atoms with Crippen molar-refractivity contribution in [1.29, 1.82) is 0 Å². The van der Waals surface area contributed by atoms with Gasteiger partial charge in [-0.3, -0.25) is 0 Å². The van der Waals surface area contributed by atoms with E-state index in [1.165, 1.54) is 65.5 Å². The van der Waals surface area contributed by atoms with Crippen molar-refractivity contribution in [3.8, 4) is 5.75 Å². The molecule has 2 atom stereocenters. The fraction of sp³-hybridized carbons (Fsp3) is 0.438. The van der Waals surface area contributed by atoms with E-state index in [9.17, 15) is 0 Å². The minimum absolute atomic E-state index is 0.619. The molecule has 0 fully saturated rings. The van der Waals surface area contributed by atoms with Crippen LogP contribution >= 0.6 is 0 Å². The van der Waals surface area contributed by atoms with Crippen LogP contribution in [0, 0.1) is 32.6 Å². The smallest absolute Gasteiger partial charge is 0.122 e.